The predicted octanol–water partition coefficient (Wildman–Crippen LogP) is 0.573. The van der Waals surface area contributed by atoms with Crippen LogP contribution in [0.5, 0.6) is 0 Å². The third-order valence-electron chi connectivity index (χ3n) is 2.57. The predicted molar refractivity (Wildman–Crippen MR) is 62.8 cm³/mol. The van der Waals surface area contributed by atoms with Crippen molar-refractivity contribution >= 4 is 27.3 Å². The minimum Gasteiger partial charge on any atom is -0.399 e. The zero-order chi connectivity index (χ0) is 11.0. The van der Waals surface area contributed by atoms with Crippen LogP contribution in [0.3, 0.4) is 0 Å². The number of anilines is 2. The van der Waals surface area contributed by atoms with E-state index in [2.05, 4.69) is 15.9 Å². The molecule has 1 aromatic carbocycles. The zero-order valence-electron chi connectivity index (χ0n) is 8.10. The molecule has 0 bridgehead atoms. The standard InChI is InChI=1S/C10H13BrN2O2/c11-7-3-6(12)1-2-8(7)13-4-9(14)10(15)5-13/h1-3,9-10,14-15H,4-5,12H2. The molecule has 1 aromatic rings. The van der Waals surface area contributed by atoms with Crippen LogP contribution in [-0.4, -0.2) is 35.5 Å². The Balaban J connectivity index is 2.24. The van der Waals surface area contributed by atoms with Crippen molar-refractivity contribution in [2.75, 3.05) is 23.7 Å². The molecule has 1 saturated heterocycles. The molecule has 0 aromatic heterocycles. The van der Waals surface area contributed by atoms with Crippen LogP contribution in [0, 0.1) is 0 Å². The first-order valence-corrected chi connectivity index (χ1v) is 5.53. The van der Waals surface area contributed by atoms with E-state index < -0.39 is 12.2 Å². The lowest BCUT2D eigenvalue weighted by Gasteiger charge is -2.19. The maximum Gasteiger partial charge on any atom is 0.0990 e. The molecule has 0 amide bonds. The highest BCUT2D eigenvalue weighted by Crippen LogP contribution is 2.30. The molecule has 1 fully saturated rings. The van der Waals surface area contributed by atoms with Crippen LogP contribution in [0.4, 0.5) is 11.4 Å². The lowest BCUT2D eigenvalue weighted by molar-refractivity contribution is 0.0572. The molecule has 0 radical (unpaired) electrons. The van der Waals surface area contributed by atoms with Crippen LogP contribution in [-0.2, 0) is 0 Å². The fourth-order valence-corrected chi connectivity index (χ4v) is 2.39. The third-order valence-corrected chi connectivity index (χ3v) is 3.21. The number of β-amino-alcohol motifs (C(OH)–C–C–N with tert-alkyl or cyclic N) is 2. The monoisotopic (exact) mass is 272 g/mol. The van der Waals surface area contributed by atoms with Crippen LogP contribution >= 0.6 is 15.9 Å². The highest BCUT2D eigenvalue weighted by molar-refractivity contribution is 9.10. The number of hydrogen-bond acceptors (Lipinski definition) is 4. The van der Waals surface area contributed by atoms with Crippen molar-refractivity contribution in [3.63, 3.8) is 0 Å². The van der Waals surface area contributed by atoms with Gasteiger partial charge in [0.05, 0.1) is 17.9 Å². The van der Waals surface area contributed by atoms with E-state index in [1.165, 1.54) is 0 Å². The van der Waals surface area contributed by atoms with E-state index in [1.807, 2.05) is 17.0 Å². The molecule has 1 aliphatic rings. The molecule has 2 atom stereocenters. The van der Waals surface area contributed by atoms with Gasteiger partial charge < -0.3 is 20.8 Å². The molecule has 15 heavy (non-hydrogen) atoms. The molecule has 0 saturated carbocycles. The Morgan fingerprint density at radius 2 is 1.87 bits per heavy atom. The number of nitrogens with zero attached hydrogens (tertiary/aromatic N) is 1. The smallest absolute Gasteiger partial charge is 0.0990 e. The van der Waals surface area contributed by atoms with E-state index in [1.54, 1.807) is 6.07 Å². The van der Waals surface area contributed by atoms with E-state index in [0.717, 1.165) is 10.2 Å². The Kier molecular flexibility index (Phi) is 2.86. The topological polar surface area (TPSA) is 69.7 Å². The van der Waals surface area contributed by atoms with Crippen LogP contribution in [0.2, 0.25) is 0 Å². The summed E-state index contributed by atoms with van der Waals surface area (Å²) in [5.74, 6) is 0. The Hall–Kier alpha value is -0.780. The lowest BCUT2D eigenvalue weighted by Crippen LogP contribution is -2.22. The van der Waals surface area contributed by atoms with Gasteiger partial charge in [0.1, 0.15) is 0 Å². The summed E-state index contributed by atoms with van der Waals surface area (Å²) in [4.78, 5) is 1.93. The van der Waals surface area contributed by atoms with Crippen molar-refractivity contribution in [1.82, 2.24) is 0 Å². The molecule has 0 aliphatic carbocycles. The van der Waals surface area contributed by atoms with Gasteiger partial charge in [-0.05, 0) is 34.1 Å². The van der Waals surface area contributed by atoms with Gasteiger partial charge in [-0.3, -0.25) is 0 Å². The maximum atomic E-state index is 9.44. The number of aliphatic hydroxyl groups excluding tert-OH is 2. The summed E-state index contributed by atoms with van der Waals surface area (Å²) in [6.45, 7) is 0.896. The van der Waals surface area contributed by atoms with Gasteiger partial charge in [0, 0.05) is 23.2 Å². The Bertz CT molecular complexity index is 362. The van der Waals surface area contributed by atoms with Crippen molar-refractivity contribution in [2.45, 2.75) is 12.2 Å². The molecular weight excluding hydrogens is 260 g/mol. The van der Waals surface area contributed by atoms with E-state index in [9.17, 15) is 10.2 Å². The molecular formula is C10H13BrN2O2. The van der Waals surface area contributed by atoms with Crippen molar-refractivity contribution in [1.29, 1.82) is 0 Å². The molecule has 4 N–H and O–H groups in total. The van der Waals surface area contributed by atoms with Gasteiger partial charge in [-0.1, -0.05) is 0 Å². The van der Waals surface area contributed by atoms with Gasteiger partial charge in [-0.2, -0.15) is 0 Å². The molecule has 2 unspecified atom stereocenters. The van der Waals surface area contributed by atoms with E-state index >= 15 is 0 Å². The highest BCUT2D eigenvalue weighted by atomic mass is 79.9. The van der Waals surface area contributed by atoms with E-state index in [4.69, 9.17) is 5.73 Å². The second-order valence-electron chi connectivity index (χ2n) is 3.75. The first-order chi connectivity index (χ1) is 7.08. The Morgan fingerprint density at radius 3 is 2.40 bits per heavy atom. The molecule has 2 rings (SSSR count). The van der Waals surface area contributed by atoms with Crippen molar-refractivity contribution in [2.24, 2.45) is 0 Å². The molecule has 82 valence electrons. The highest BCUT2D eigenvalue weighted by Gasteiger charge is 2.30. The van der Waals surface area contributed by atoms with Crippen molar-refractivity contribution < 1.29 is 10.2 Å². The van der Waals surface area contributed by atoms with Crippen LogP contribution < -0.4 is 10.6 Å². The van der Waals surface area contributed by atoms with Gasteiger partial charge in [-0.15, -0.1) is 0 Å². The number of rotatable bonds is 1. The SMILES string of the molecule is Nc1ccc(N2CC(O)C(O)C2)c(Br)c1. The summed E-state index contributed by atoms with van der Waals surface area (Å²) < 4.78 is 0.879. The van der Waals surface area contributed by atoms with E-state index in [-0.39, 0.29) is 0 Å². The number of aliphatic hydroxyl groups is 2. The van der Waals surface area contributed by atoms with Gasteiger partial charge in [0.15, 0.2) is 0 Å². The van der Waals surface area contributed by atoms with Gasteiger partial charge in [0.2, 0.25) is 0 Å². The first kappa shape index (κ1) is 10.7. The quantitative estimate of drug-likeness (QED) is 0.654. The second-order valence-corrected chi connectivity index (χ2v) is 4.60. The zero-order valence-corrected chi connectivity index (χ0v) is 9.68. The minimum atomic E-state index is -0.672. The lowest BCUT2D eigenvalue weighted by atomic mass is 10.2. The van der Waals surface area contributed by atoms with Gasteiger partial charge >= 0.3 is 0 Å². The van der Waals surface area contributed by atoms with Crippen LogP contribution in [0.1, 0.15) is 0 Å². The summed E-state index contributed by atoms with van der Waals surface area (Å²) >= 11 is 3.41. The third kappa shape index (κ3) is 2.09. The Labute approximate surface area is 96.4 Å². The summed E-state index contributed by atoms with van der Waals surface area (Å²) in [6.07, 6.45) is -1.34. The van der Waals surface area contributed by atoms with Gasteiger partial charge in [-0.25, -0.2) is 0 Å². The summed E-state index contributed by atoms with van der Waals surface area (Å²) in [6, 6.07) is 5.49. The number of halogens is 1. The maximum absolute atomic E-state index is 9.44. The average Bonchev–Trinajstić information content (AvgIpc) is 2.46. The number of nitrogens with two attached hydrogens (primary N) is 1. The number of hydrogen-bond donors (Lipinski definition) is 3. The Morgan fingerprint density at radius 1 is 1.27 bits per heavy atom. The first-order valence-electron chi connectivity index (χ1n) is 4.74. The molecule has 1 heterocycles. The second kappa shape index (κ2) is 4.00. The fourth-order valence-electron chi connectivity index (χ4n) is 1.75. The summed E-state index contributed by atoms with van der Waals surface area (Å²) in [7, 11) is 0. The minimum absolute atomic E-state index is 0.448. The molecule has 5 heteroatoms. The fraction of sp³-hybridized carbons (Fsp3) is 0.400. The molecule has 1 aliphatic heterocycles. The largest absolute Gasteiger partial charge is 0.399 e. The van der Waals surface area contributed by atoms with Crippen molar-refractivity contribution in [3.05, 3.63) is 22.7 Å². The molecule has 0 spiro atoms. The summed E-state index contributed by atoms with van der Waals surface area (Å²) in [5.41, 5.74) is 7.26. The van der Waals surface area contributed by atoms with Crippen molar-refractivity contribution in [3.8, 4) is 0 Å². The van der Waals surface area contributed by atoms with Crippen LogP contribution in [0.15, 0.2) is 22.7 Å². The molecule has 4 nitrogen and oxygen atoms in total. The number of nitrogen functional groups attached to an aromatic ring is 1. The van der Waals surface area contributed by atoms with Crippen LogP contribution in [0.25, 0.3) is 0 Å². The average molecular weight is 273 g/mol. The number of benzene rings is 1. The summed E-state index contributed by atoms with van der Waals surface area (Å²) in [5, 5.41) is 18.9. The van der Waals surface area contributed by atoms with E-state index in [0.29, 0.717) is 18.8 Å². The van der Waals surface area contributed by atoms with Gasteiger partial charge in [0.25, 0.3) is 0 Å². The normalized spacial score (nSPS) is 25.9.